The van der Waals surface area contributed by atoms with Crippen molar-refractivity contribution in [2.45, 2.75) is 49.4 Å². The smallest absolute Gasteiger partial charge is 0.136 e. The molecule has 0 saturated carbocycles. The van der Waals surface area contributed by atoms with Gasteiger partial charge in [0.05, 0.1) is 10.1 Å². The summed E-state index contributed by atoms with van der Waals surface area (Å²) in [6, 6.07) is 13.7. The van der Waals surface area contributed by atoms with E-state index < -0.39 is 0 Å². The molecule has 0 radical (unpaired) electrons. The average molecular weight is 414 g/mol. The number of hydrogen-bond acceptors (Lipinski definition) is 5. The zero-order chi connectivity index (χ0) is 20.2. The van der Waals surface area contributed by atoms with Gasteiger partial charge in [-0.15, -0.1) is 11.8 Å². The number of fused-ring (bicyclic) bond motifs is 1. The van der Waals surface area contributed by atoms with Crippen LogP contribution in [-0.2, 0) is 0 Å². The van der Waals surface area contributed by atoms with Crippen molar-refractivity contribution in [1.82, 2.24) is 4.90 Å². The van der Waals surface area contributed by atoms with Gasteiger partial charge in [0.1, 0.15) is 30.0 Å². The molecule has 0 aliphatic carbocycles. The summed E-state index contributed by atoms with van der Waals surface area (Å²) in [5.41, 5.74) is 1.17. The molecular formula is C24H31NO3S. The SMILES string of the molecule is CC(C)[C@@H]1Sc2cc(O)ccc2O[C@@H]1c1ccc(OCCN2CCCCC2)cc1. The van der Waals surface area contributed by atoms with Crippen molar-refractivity contribution in [3.63, 3.8) is 0 Å². The number of thioether (sulfide) groups is 1. The summed E-state index contributed by atoms with van der Waals surface area (Å²) < 4.78 is 12.3. The summed E-state index contributed by atoms with van der Waals surface area (Å²) in [6.07, 6.45) is 3.98. The lowest BCUT2D eigenvalue weighted by atomic mass is 9.98. The highest BCUT2D eigenvalue weighted by molar-refractivity contribution is 8.00. The number of benzene rings is 2. The number of likely N-dealkylation sites (tertiary alicyclic amines) is 1. The van der Waals surface area contributed by atoms with Gasteiger partial charge in [0, 0.05) is 6.54 Å². The topological polar surface area (TPSA) is 41.9 Å². The zero-order valence-corrected chi connectivity index (χ0v) is 18.2. The van der Waals surface area contributed by atoms with E-state index in [9.17, 15) is 5.11 Å². The first-order valence-electron chi connectivity index (χ1n) is 10.7. The Labute approximate surface area is 178 Å². The van der Waals surface area contributed by atoms with E-state index in [0.29, 0.717) is 5.92 Å². The highest BCUT2D eigenvalue weighted by Crippen LogP contribution is 2.48. The number of aromatic hydroxyl groups is 1. The molecule has 0 amide bonds. The lowest BCUT2D eigenvalue weighted by Crippen LogP contribution is -2.33. The van der Waals surface area contributed by atoms with E-state index in [4.69, 9.17) is 9.47 Å². The van der Waals surface area contributed by atoms with Gasteiger partial charge < -0.3 is 14.6 Å². The molecule has 4 nitrogen and oxygen atoms in total. The van der Waals surface area contributed by atoms with E-state index >= 15 is 0 Å². The van der Waals surface area contributed by atoms with Gasteiger partial charge in [-0.2, -0.15) is 0 Å². The Kier molecular flexibility index (Phi) is 6.56. The van der Waals surface area contributed by atoms with Crippen LogP contribution in [0.15, 0.2) is 47.4 Å². The molecule has 0 unspecified atom stereocenters. The van der Waals surface area contributed by atoms with Gasteiger partial charge in [-0.1, -0.05) is 32.4 Å². The van der Waals surface area contributed by atoms with Crippen LogP contribution in [0.5, 0.6) is 17.2 Å². The van der Waals surface area contributed by atoms with Crippen LogP contribution in [0.25, 0.3) is 0 Å². The summed E-state index contributed by atoms with van der Waals surface area (Å²) in [4.78, 5) is 3.51. The van der Waals surface area contributed by atoms with E-state index in [-0.39, 0.29) is 17.1 Å². The Morgan fingerprint density at radius 2 is 1.86 bits per heavy atom. The van der Waals surface area contributed by atoms with E-state index in [1.165, 1.54) is 37.9 Å². The fraction of sp³-hybridized carbons (Fsp3) is 0.500. The lowest BCUT2D eigenvalue weighted by Gasteiger charge is -2.35. The molecule has 2 heterocycles. The largest absolute Gasteiger partial charge is 0.508 e. The maximum atomic E-state index is 9.79. The summed E-state index contributed by atoms with van der Waals surface area (Å²) in [7, 11) is 0. The van der Waals surface area contributed by atoms with Gasteiger partial charge in [-0.25, -0.2) is 0 Å². The van der Waals surface area contributed by atoms with Gasteiger partial charge in [-0.3, -0.25) is 4.90 Å². The number of piperidine rings is 1. The molecule has 156 valence electrons. The molecule has 1 saturated heterocycles. The highest BCUT2D eigenvalue weighted by Gasteiger charge is 2.34. The number of hydrogen-bond donors (Lipinski definition) is 1. The Hall–Kier alpha value is -1.85. The minimum atomic E-state index is -0.0144. The Balaban J connectivity index is 1.41. The highest BCUT2D eigenvalue weighted by atomic mass is 32.2. The van der Waals surface area contributed by atoms with Gasteiger partial charge in [0.25, 0.3) is 0 Å². The molecule has 2 atom stereocenters. The van der Waals surface area contributed by atoms with Crippen molar-refractivity contribution >= 4 is 11.8 Å². The average Bonchev–Trinajstić information content (AvgIpc) is 2.74. The van der Waals surface area contributed by atoms with Crippen LogP contribution in [0.4, 0.5) is 0 Å². The van der Waals surface area contributed by atoms with Crippen molar-refractivity contribution in [2.75, 3.05) is 26.2 Å². The van der Waals surface area contributed by atoms with Crippen LogP contribution >= 0.6 is 11.8 Å². The molecule has 1 fully saturated rings. The Morgan fingerprint density at radius 3 is 2.59 bits per heavy atom. The molecule has 0 spiro atoms. The minimum absolute atomic E-state index is 0.0144. The van der Waals surface area contributed by atoms with Crippen LogP contribution < -0.4 is 9.47 Å². The molecule has 5 heteroatoms. The molecule has 0 aromatic heterocycles. The normalized spacial score (nSPS) is 22.2. The maximum Gasteiger partial charge on any atom is 0.136 e. The second kappa shape index (κ2) is 9.31. The maximum absolute atomic E-state index is 9.79. The van der Waals surface area contributed by atoms with Gasteiger partial charge in [0.2, 0.25) is 0 Å². The number of phenolic OH excluding ortho intramolecular Hbond substituents is 1. The number of nitrogens with zero attached hydrogens (tertiary/aromatic N) is 1. The van der Waals surface area contributed by atoms with Crippen molar-refractivity contribution in [2.24, 2.45) is 5.92 Å². The van der Waals surface area contributed by atoms with E-state index in [1.807, 2.05) is 6.07 Å². The van der Waals surface area contributed by atoms with Crippen molar-refractivity contribution in [3.8, 4) is 17.2 Å². The quantitative estimate of drug-likeness (QED) is 0.676. The number of phenols is 1. The number of rotatable bonds is 6. The van der Waals surface area contributed by atoms with E-state index in [0.717, 1.165) is 29.5 Å². The summed E-state index contributed by atoms with van der Waals surface area (Å²) in [5.74, 6) is 2.49. The van der Waals surface area contributed by atoms with Crippen molar-refractivity contribution in [1.29, 1.82) is 0 Å². The summed E-state index contributed by atoms with van der Waals surface area (Å²) in [5, 5.41) is 10.1. The van der Waals surface area contributed by atoms with Crippen LogP contribution in [-0.4, -0.2) is 41.5 Å². The van der Waals surface area contributed by atoms with Gasteiger partial charge in [0.15, 0.2) is 0 Å². The van der Waals surface area contributed by atoms with Crippen LogP contribution in [0.2, 0.25) is 0 Å². The summed E-state index contributed by atoms with van der Waals surface area (Å²) >= 11 is 1.79. The van der Waals surface area contributed by atoms with Gasteiger partial charge >= 0.3 is 0 Å². The standard InChI is InChI=1S/C24H31NO3S/c1-17(2)24-23(28-21-11-8-19(26)16-22(21)29-24)18-6-9-20(10-7-18)27-15-14-25-12-4-3-5-13-25/h6-11,16-17,23-24,26H,3-5,12-15H2,1-2H3/t23-,24+/m1/s1. The molecule has 2 aromatic rings. The third-order valence-corrected chi connectivity index (χ3v) is 7.37. The monoisotopic (exact) mass is 413 g/mol. The Morgan fingerprint density at radius 1 is 1.10 bits per heavy atom. The van der Waals surface area contributed by atoms with Crippen LogP contribution in [0, 0.1) is 5.92 Å². The molecule has 2 aromatic carbocycles. The Bertz CT molecular complexity index is 802. The van der Waals surface area contributed by atoms with Gasteiger partial charge in [-0.05, 0) is 67.7 Å². The van der Waals surface area contributed by atoms with E-state index in [2.05, 4.69) is 43.0 Å². The first-order chi connectivity index (χ1) is 14.1. The van der Waals surface area contributed by atoms with E-state index in [1.54, 1.807) is 23.9 Å². The second-order valence-electron chi connectivity index (χ2n) is 8.32. The zero-order valence-electron chi connectivity index (χ0n) is 17.3. The molecule has 2 aliphatic heterocycles. The predicted octanol–water partition coefficient (Wildman–Crippen LogP) is 5.51. The summed E-state index contributed by atoms with van der Waals surface area (Å²) in [6.45, 7) is 8.59. The lowest BCUT2D eigenvalue weighted by molar-refractivity contribution is 0.172. The van der Waals surface area contributed by atoms with Crippen LogP contribution in [0.3, 0.4) is 0 Å². The fourth-order valence-electron chi connectivity index (χ4n) is 4.07. The third kappa shape index (κ3) is 5.01. The third-order valence-electron chi connectivity index (χ3n) is 5.73. The molecule has 1 N–H and O–H groups in total. The molecule has 2 aliphatic rings. The molecule has 29 heavy (non-hydrogen) atoms. The molecule has 0 bridgehead atoms. The number of ether oxygens (including phenoxy) is 2. The molecular weight excluding hydrogens is 382 g/mol. The van der Waals surface area contributed by atoms with Crippen LogP contribution in [0.1, 0.15) is 44.8 Å². The first-order valence-corrected chi connectivity index (χ1v) is 11.6. The molecule has 4 rings (SSSR count). The second-order valence-corrected chi connectivity index (χ2v) is 9.54. The fourth-order valence-corrected chi connectivity index (χ4v) is 5.39. The van der Waals surface area contributed by atoms with Crippen molar-refractivity contribution < 1.29 is 14.6 Å². The predicted molar refractivity (Wildman–Crippen MR) is 118 cm³/mol. The van der Waals surface area contributed by atoms with Crippen molar-refractivity contribution in [3.05, 3.63) is 48.0 Å². The minimum Gasteiger partial charge on any atom is -0.508 e. The first kappa shape index (κ1) is 20.4.